The first-order valence-corrected chi connectivity index (χ1v) is 6.71. The molecule has 1 aromatic carbocycles. The zero-order valence-corrected chi connectivity index (χ0v) is 12.2. The van der Waals surface area contributed by atoms with Gasteiger partial charge in [0.2, 0.25) is 0 Å². The zero-order valence-electron chi connectivity index (χ0n) is 12.2. The minimum absolute atomic E-state index is 0.0681. The highest BCUT2D eigenvalue weighted by molar-refractivity contribution is 5.56. The molecule has 2 aromatic rings. The highest BCUT2D eigenvalue weighted by Gasteiger charge is 2.36. The molecule has 3 rings (SSSR count). The fourth-order valence-electron chi connectivity index (χ4n) is 2.44. The summed E-state index contributed by atoms with van der Waals surface area (Å²) >= 11 is 0. The van der Waals surface area contributed by atoms with Crippen molar-refractivity contribution in [3.63, 3.8) is 0 Å². The Hall–Kier alpha value is -2.10. The third kappa shape index (κ3) is 2.11. The van der Waals surface area contributed by atoms with Crippen LogP contribution < -0.4 is 9.47 Å². The Bertz CT molecular complexity index is 648. The normalized spacial score (nSPS) is 15.6. The van der Waals surface area contributed by atoms with E-state index in [1.807, 2.05) is 26.0 Å². The zero-order chi connectivity index (χ0) is 14.3. The molecule has 0 fully saturated rings. The van der Waals surface area contributed by atoms with Crippen molar-refractivity contribution < 1.29 is 9.47 Å². The van der Waals surface area contributed by atoms with Gasteiger partial charge in [0, 0.05) is 23.4 Å². The lowest BCUT2D eigenvalue weighted by atomic mass is 9.85. The number of benzene rings is 1. The minimum Gasteiger partial charge on any atom is -0.492 e. The Morgan fingerprint density at radius 1 is 1.15 bits per heavy atom. The van der Waals surface area contributed by atoms with Crippen LogP contribution in [0.2, 0.25) is 0 Å². The second kappa shape index (κ2) is 4.47. The van der Waals surface area contributed by atoms with E-state index in [2.05, 4.69) is 23.8 Å². The van der Waals surface area contributed by atoms with Crippen LogP contribution in [0.1, 0.15) is 30.5 Å². The quantitative estimate of drug-likeness (QED) is 0.837. The fourth-order valence-corrected chi connectivity index (χ4v) is 2.44. The molecule has 0 atom stereocenters. The molecule has 0 radical (unpaired) electrons. The van der Waals surface area contributed by atoms with Gasteiger partial charge >= 0.3 is 6.01 Å². The monoisotopic (exact) mass is 270 g/mol. The lowest BCUT2D eigenvalue weighted by Crippen LogP contribution is -2.19. The molecule has 0 aliphatic carbocycles. The SMILES string of the molecule is Cc1cnc(Oc2ccc(C)c3c2C(C)(C)CO3)nc1. The maximum Gasteiger partial charge on any atom is 0.321 e. The largest absolute Gasteiger partial charge is 0.492 e. The van der Waals surface area contributed by atoms with Gasteiger partial charge in [0.05, 0.1) is 6.61 Å². The number of aryl methyl sites for hydroxylation is 2. The molecule has 2 heterocycles. The van der Waals surface area contributed by atoms with Crippen LogP contribution in [0.25, 0.3) is 0 Å². The van der Waals surface area contributed by atoms with E-state index in [0.717, 1.165) is 28.2 Å². The molecule has 104 valence electrons. The van der Waals surface area contributed by atoms with Gasteiger partial charge in [-0.15, -0.1) is 0 Å². The number of fused-ring (bicyclic) bond motifs is 1. The molecule has 1 aliphatic heterocycles. The summed E-state index contributed by atoms with van der Waals surface area (Å²) in [6.07, 6.45) is 3.50. The lowest BCUT2D eigenvalue weighted by Gasteiger charge is -2.18. The molecule has 0 unspecified atom stereocenters. The first-order valence-electron chi connectivity index (χ1n) is 6.71. The topological polar surface area (TPSA) is 44.2 Å². The van der Waals surface area contributed by atoms with Crippen molar-refractivity contribution in [2.24, 2.45) is 0 Å². The number of nitrogens with zero attached hydrogens (tertiary/aromatic N) is 2. The van der Waals surface area contributed by atoms with Crippen molar-refractivity contribution in [2.45, 2.75) is 33.1 Å². The van der Waals surface area contributed by atoms with Crippen molar-refractivity contribution in [3.05, 3.63) is 41.2 Å². The lowest BCUT2D eigenvalue weighted by molar-refractivity contribution is 0.289. The molecule has 0 spiro atoms. The van der Waals surface area contributed by atoms with Crippen LogP contribution in [-0.2, 0) is 5.41 Å². The van der Waals surface area contributed by atoms with Crippen LogP contribution in [0.4, 0.5) is 0 Å². The van der Waals surface area contributed by atoms with Crippen LogP contribution >= 0.6 is 0 Å². The first kappa shape index (κ1) is 12.9. The standard InChI is InChI=1S/C16H18N2O2/c1-10-7-17-15(18-8-10)20-12-6-5-11(2)14-13(12)16(3,4)9-19-14/h5-8H,9H2,1-4H3. The maximum absolute atomic E-state index is 5.86. The van der Waals surface area contributed by atoms with E-state index >= 15 is 0 Å². The Labute approximate surface area is 118 Å². The Balaban J connectivity index is 2.03. The van der Waals surface area contributed by atoms with Crippen LogP contribution in [0, 0.1) is 13.8 Å². The Morgan fingerprint density at radius 3 is 2.55 bits per heavy atom. The number of aromatic nitrogens is 2. The van der Waals surface area contributed by atoms with E-state index in [-0.39, 0.29) is 5.41 Å². The van der Waals surface area contributed by atoms with Crippen molar-refractivity contribution >= 4 is 0 Å². The molecule has 0 amide bonds. The summed E-state index contributed by atoms with van der Waals surface area (Å²) in [4.78, 5) is 8.39. The van der Waals surface area contributed by atoms with Crippen LogP contribution in [0.5, 0.6) is 17.5 Å². The van der Waals surface area contributed by atoms with Crippen molar-refractivity contribution in [1.29, 1.82) is 0 Å². The van der Waals surface area contributed by atoms with Gasteiger partial charge in [-0.3, -0.25) is 0 Å². The van der Waals surface area contributed by atoms with Gasteiger partial charge < -0.3 is 9.47 Å². The van der Waals surface area contributed by atoms with E-state index in [1.54, 1.807) is 12.4 Å². The Kier molecular flexibility index (Phi) is 2.89. The first-order chi connectivity index (χ1) is 9.47. The van der Waals surface area contributed by atoms with Gasteiger partial charge in [-0.2, -0.15) is 0 Å². The second-order valence-electron chi connectivity index (χ2n) is 5.90. The molecule has 0 N–H and O–H groups in total. The van der Waals surface area contributed by atoms with E-state index in [0.29, 0.717) is 12.6 Å². The molecule has 1 aliphatic rings. The van der Waals surface area contributed by atoms with E-state index in [9.17, 15) is 0 Å². The van der Waals surface area contributed by atoms with Gasteiger partial charge in [-0.25, -0.2) is 9.97 Å². The van der Waals surface area contributed by atoms with Gasteiger partial charge in [-0.1, -0.05) is 19.9 Å². The van der Waals surface area contributed by atoms with E-state index in [4.69, 9.17) is 9.47 Å². The molecule has 0 saturated heterocycles. The third-order valence-corrected chi connectivity index (χ3v) is 3.53. The molecule has 0 bridgehead atoms. The summed E-state index contributed by atoms with van der Waals surface area (Å²) in [5.41, 5.74) is 3.17. The molecule has 4 heteroatoms. The molecular weight excluding hydrogens is 252 g/mol. The highest BCUT2D eigenvalue weighted by atomic mass is 16.5. The van der Waals surface area contributed by atoms with E-state index in [1.165, 1.54) is 0 Å². The summed E-state index contributed by atoms with van der Waals surface area (Å²) in [6.45, 7) is 8.97. The predicted molar refractivity (Wildman–Crippen MR) is 76.5 cm³/mol. The predicted octanol–water partition coefficient (Wildman–Crippen LogP) is 3.56. The molecular formula is C16H18N2O2. The van der Waals surface area contributed by atoms with Crippen molar-refractivity contribution in [3.8, 4) is 17.5 Å². The number of hydrogen-bond donors (Lipinski definition) is 0. The van der Waals surface area contributed by atoms with E-state index < -0.39 is 0 Å². The Morgan fingerprint density at radius 2 is 1.85 bits per heavy atom. The number of hydrogen-bond acceptors (Lipinski definition) is 4. The van der Waals surface area contributed by atoms with Crippen molar-refractivity contribution in [1.82, 2.24) is 9.97 Å². The minimum atomic E-state index is -0.0681. The molecule has 20 heavy (non-hydrogen) atoms. The van der Waals surface area contributed by atoms with Crippen LogP contribution in [-0.4, -0.2) is 16.6 Å². The maximum atomic E-state index is 5.86. The average molecular weight is 270 g/mol. The summed E-state index contributed by atoms with van der Waals surface area (Å²) < 4.78 is 11.7. The number of ether oxygens (including phenoxy) is 2. The summed E-state index contributed by atoms with van der Waals surface area (Å²) in [5.74, 6) is 1.71. The molecule has 1 aromatic heterocycles. The third-order valence-electron chi connectivity index (χ3n) is 3.53. The van der Waals surface area contributed by atoms with Gasteiger partial charge in [0.15, 0.2) is 0 Å². The van der Waals surface area contributed by atoms with Gasteiger partial charge in [0.1, 0.15) is 11.5 Å². The highest BCUT2D eigenvalue weighted by Crippen LogP contribution is 2.46. The van der Waals surface area contributed by atoms with Gasteiger partial charge in [-0.05, 0) is 31.0 Å². The van der Waals surface area contributed by atoms with Crippen LogP contribution in [0.15, 0.2) is 24.5 Å². The average Bonchev–Trinajstić information content (AvgIpc) is 2.73. The number of rotatable bonds is 2. The summed E-state index contributed by atoms with van der Waals surface area (Å²) in [5, 5.41) is 0. The van der Waals surface area contributed by atoms with Crippen molar-refractivity contribution in [2.75, 3.05) is 6.61 Å². The van der Waals surface area contributed by atoms with Gasteiger partial charge in [0.25, 0.3) is 0 Å². The van der Waals surface area contributed by atoms with Crippen LogP contribution in [0.3, 0.4) is 0 Å². The summed E-state index contributed by atoms with van der Waals surface area (Å²) in [7, 11) is 0. The summed E-state index contributed by atoms with van der Waals surface area (Å²) in [6, 6.07) is 4.33. The molecule has 0 saturated carbocycles. The molecule has 4 nitrogen and oxygen atoms in total. The smallest absolute Gasteiger partial charge is 0.321 e. The fraction of sp³-hybridized carbons (Fsp3) is 0.375. The second-order valence-corrected chi connectivity index (χ2v) is 5.90.